The minimum Gasteiger partial charge on any atom is -0.483 e. The molecule has 0 N–H and O–H groups in total. The molecule has 0 aromatic heterocycles. The van der Waals surface area contributed by atoms with Gasteiger partial charge in [-0.2, -0.15) is 0 Å². The normalized spacial score (nSPS) is 4.50. The van der Waals surface area contributed by atoms with Crippen LogP contribution in [-0.2, 0) is 0 Å². The van der Waals surface area contributed by atoms with Crippen LogP contribution >= 0.6 is 0 Å². The van der Waals surface area contributed by atoms with Crippen molar-refractivity contribution >= 4 is 0 Å². The molecule has 0 aliphatic carbocycles. The Bertz CT molecular complexity index is 3.25. The van der Waals surface area contributed by atoms with Crippen LogP contribution in [-0.4, -0.2) is 0 Å². The molecule has 1 radical (unpaired) electrons. The van der Waals surface area contributed by atoms with Crippen LogP contribution in [0.3, 0.4) is 0 Å². The van der Waals surface area contributed by atoms with Gasteiger partial charge in [-0.25, -0.2) is 13.8 Å². The molecular weight excluding hydrogens is 303 g/mol. The molecule has 0 spiro atoms. The molecule has 0 amide bonds. The van der Waals surface area contributed by atoms with Crippen molar-refractivity contribution in [2.45, 2.75) is 13.8 Å². The number of hydrogen-bond donors (Lipinski definition) is 0. The van der Waals surface area contributed by atoms with Crippen LogP contribution in [0.2, 0.25) is 0 Å². The topological polar surface area (TPSA) is 0 Å². The summed E-state index contributed by atoms with van der Waals surface area (Å²) in [4.78, 5) is 0. The molecule has 0 aliphatic heterocycles. The zero-order valence-corrected chi connectivity index (χ0v) is 9.61. The summed E-state index contributed by atoms with van der Waals surface area (Å²) in [5.74, 6) is 0. The molecule has 0 bridgehead atoms. The van der Waals surface area contributed by atoms with E-state index in [1.807, 2.05) is 13.8 Å². The Labute approximate surface area is 21.5 Å². The van der Waals surface area contributed by atoms with Crippen molar-refractivity contribution in [2.75, 3.05) is 0 Å². The summed E-state index contributed by atoms with van der Waals surface area (Å²) in [7, 11) is 0. The predicted molar refractivity (Wildman–Crippen MR) is 14.6 cm³/mol. The number of hydrogen-bond acceptors (Lipinski definition) is 0. The van der Waals surface area contributed by atoms with Gasteiger partial charge in [-0.05, 0) is 0 Å². The van der Waals surface area contributed by atoms with Gasteiger partial charge in [0.25, 0.3) is 0 Å². The minimum atomic E-state index is 0. The number of rotatable bonds is 0. The maximum absolute atomic E-state index is 2.75. The van der Waals surface area contributed by atoms with Crippen molar-refractivity contribution in [3.63, 3.8) is 0 Å². The molecule has 0 heterocycles. The minimum absolute atomic E-state index is 0. The summed E-state index contributed by atoms with van der Waals surface area (Å²) in [6, 6.07) is 0. The molecular formula is C3H6Rf-. The molecule has 0 atom stereocenters. The van der Waals surface area contributed by atoms with Gasteiger partial charge in [0.2, 0.25) is 0 Å². The summed E-state index contributed by atoms with van der Waals surface area (Å²) in [6.07, 6.45) is 2.75. The third-order valence-corrected chi connectivity index (χ3v) is 0. The van der Waals surface area contributed by atoms with E-state index in [0.717, 1.165) is 0 Å². The molecule has 0 fully saturated rings. The predicted octanol–water partition coefficient (Wildman–Crippen LogP) is 1.11. The monoisotopic (exact) mass is 309 g/mol. The van der Waals surface area contributed by atoms with Gasteiger partial charge in [-0.1, -0.05) is 0 Å². The SMILES string of the molecule is C[C-]C.[Rf]. The first-order valence-corrected chi connectivity index (χ1v) is 1.00. The molecule has 0 saturated carbocycles. The van der Waals surface area contributed by atoms with Crippen LogP contribution in [0, 0.1) is 6.42 Å². The Morgan fingerprint density at radius 2 is 1.25 bits per heavy atom. The van der Waals surface area contributed by atoms with Crippen LogP contribution in [0.15, 0.2) is 0 Å². The molecule has 0 rings (SSSR count). The standard InChI is InChI=1S/C3H6.Rf/c1-3-2;/h1-2H3;/q-1;. The second-order valence-corrected chi connectivity index (χ2v) is 0.500. The fraction of sp³-hybridized carbons (Fsp3) is 0.667. The molecule has 0 aromatic carbocycles. The van der Waals surface area contributed by atoms with Crippen LogP contribution in [0.25, 0.3) is 0 Å². The zero-order chi connectivity index (χ0) is 2.71. The van der Waals surface area contributed by atoms with E-state index < -0.39 is 0 Å². The van der Waals surface area contributed by atoms with E-state index in [0.29, 0.717) is 0 Å². The van der Waals surface area contributed by atoms with E-state index in [1.165, 1.54) is 0 Å². The second kappa shape index (κ2) is 0. The summed E-state index contributed by atoms with van der Waals surface area (Å²) in [5.41, 5.74) is 0. The second-order valence-electron chi connectivity index (χ2n) is 0.500. The van der Waals surface area contributed by atoms with Gasteiger partial charge in [-0.15, -0.1) is 0 Å². The van der Waals surface area contributed by atoms with Gasteiger partial charge >= 0.3 is 0 Å². The van der Waals surface area contributed by atoms with Crippen LogP contribution in [0.1, 0.15) is 13.8 Å². The van der Waals surface area contributed by atoms with Gasteiger partial charge in [0.05, 0.1) is 0 Å². The Hall–Kier alpha value is -1.00. The van der Waals surface area contributed by atoms with Crippen LogP contribution < -0.4 is 0 Å². The van der Waals surface area contributed by atoms with E-state index in [9.17, 15) is 0 Å². The molecule has 1 heteroatoms. The largest absolute Gasteiger partial charge is 0.483 e. The van der Waals surface area contributed by atoms with Crippen LogP contribution in [0.4, 0.5) is 0 Å². The van der Waals surface area contributed by atoms with Crippen LogP contribution in [0.5, 0.6) is 0 Å². The third kappa shape index (κ3) is 0. The van der Waals surface area contributed by atoms with Gasteiger partial charge < -0.3 is 6.42 Å². The first-order chi connectivity index (χ1) is 1.41. The molecule has 21 valence electrons. The molecule has 0 unspecified atom stereocenters. The zero-order valence-electron chi connectivity index (χ0n) is 3.21. The molecule has 0 aliphatic rings. The summed E-state index contributed by atoms with van der Waals surface area (Å²) in [6.45, 7) is 3.75. The average molecular weight is 309 g/mol. The Balaban J connectivity index is 0. The Kier molecular flexibility index (Phi) is 0. The average Bonchev–Trinajstić information content (AvgIpc) is 0.918. The van der Waals surface area contributed by atoms with E-state index >= 15 is 0 Å². The van der Waals surface area contributed by atoms with E-state index in [2.05, 4.69) is 6.42 Å². The molecule has 4 heavy (non-hydrogen) atoms. The first-order valence-electron chi connectivity index (χ1n) is 1.00. The smallest absolute Gasteiger partial charge is 0 e. The summed E-state index contributed by atoms with van der Waals surface area (Å²) < 4.78 is 0. The molecule has 0 saturated heterocycles. The van der Waals surface area contributed by atoms with Gasteiger partial charge in [-0.3, -0.25) is 0 Å². The van der Waals surface area contributed by atoms with Gasteiger partial charge in [0.15, 0.2) is 0 Å². The Morgan fingerprint density at radius 3 is 1.25 bits per heavy atom. The van der Waals surface area contributed by atoms with Crippen molar-refractivity contribution < 1.29 is 0 Å². The van der Waals surface area contributed by atoms with Crippen molar-refractivity contribution in [1.29, 1.82) is 0 Å². The van der Waals surface area contributed by atoms with Crippen molar-refractivity contribution in [3.05, 3.63) is 6.42 Å². The molecule has 0 aromatic rings. The van der Waals surface area contributed by atoms with Gasteiger partial charge in [0.1, 0.15) is 0 Å². The van der Waals surface area contributed by atoms with Crippen molar-refractivity contribution in [1.82, 2.24) is 0 Å². The fourth-order valence-corrected chi connectivity index (χ4v) is 0. The fourth-order valence-electron chi connectivity index (χ4n) is 0. The summed E-state index contributed by atoms with van der Waals surface area (Å²) >= 11 is 0. The third-order valence-electron chi connectivity index (χ3n) is 0. The first kappa shape index (κ1) is 12.0. The summed E-state index contributed by atoms with van der Waals surface area (Å²) in [5, 5.41) is 0. The maximum Gasteiger partial charge on any atom is 0 e. The quantitative estimate of drug-likeness (QED) is 0.588. The van der Waals surface area contributed by atoms with Crippen molar-refractivity contribution in [3.8, 4) is 0 Å². The molecule has 0 nitrogen and oxygen atoms in total. The van der Waals surface area contributed by atoms with E-state index in [1.54, 1.807) is 0 Å². The maximum atomic E-state index is 2.75. The van der Waals surface area contributed by atoms with E-state index in [-0.39, 0.29) is 0 Å². The van der Waals surface area contributed by atoms with Crippen molar-refractivity contribution in [2.24, 2.45) is 0 Å². The van der Waals surface area contributed by atoms with E-state index in [4.69, 9.17) is 0 Å². The Morgan fingerprint density at radius 1 is 1.25 bits per heavy atom. The van der Waals surface area contributed by atoms with Gasteiger partial charge in [0, 0.05) is 0 Å².